The van der Waals surface area contributed by atoms with Gasteiger partial charge in [-0.05, 0) is 59.7 Å². The largest absolute Gasteiger partial charge is 0.440 e. The van der Waals surface area contributed by atoms with Crippen LogP contribution in [0.15, 0.2) is 85.8 Å². The predicted octanol–water partition coefficient (Wildman–Crippen LogP) is 6.54. The molecule has 1 heterocycles. The highest BCUT2D eigenvalue weighted by atomic mass is 79.9. The van der Waals surface area contributed by atoms with Crippen LogP contribution in [-0.2, 0) is 4.74 Å². The number of halogens is 2. The van der Waals surface area contributed by atoms with Crippen molar-refractivity contribution >= 4 is 37.9 Å². The van der Waals surface area contributed by atoms with Crippen molar-refractivity contribution in [2.75, 3.05) is 0 Å². The minimum Gasteiger partial charge on any atom is -0.440 e. The molecule has 0 bridgehead atoms. The van der Waals surface area contributed by atoms with E-state index in [9.17, 15) is 5.26 Å². The van der Waals surface area contributed by atoms with Crippen molar-refractivity contribution in [3.63, 3.8) is 0 Å². The zero-order valence-corrected chi connectivity index (χ0v) is 18.3. The fraction of sp³-hybridized carbons (Fsp3) is 0.174. The molecule has 0 saturated heterocycles. The van der Waals surface area contributed by atoms with Gasteiger partial charge in [0, 0.05) is 8.95 Å². The van der Waals surface area contributed by atoms with E-state index in [4.69, 9.17) is 10.5 Å². The third-order valence-corrected chi connectivity index (χ3v) is 6.61. The number of benzene rings is 2. The summed E-state index contributed by atoms with van der Waals surface area (Å²) in [6, 6.07) is 18.4. The number of ether oxygens (including phenoxy) is 1. The van der Waals surface area contributed by atoms with E-state index in [1.807, 2.05) is 42.5 Å². The van der Waals surface area contributed by atoms with Crippen LogP contribution in [0.5, 0.6) is 0 Å². The maximum Gasteiger partial charge on any atom is 0.205 e. The van der Waals surface area contributed by atoms with Crippen molar-refractivity contribution in [2.45, 2.75) is 25.2 Å². The highest BCUT2D eigenvalue weighted by Crippen LogP contribution is 2.48. The van der Waals surface area contributed by atoms with Crippen molar-refractivity contribution in [3.8, 4) is 6.07 Å². The van der Waals surface area contributed by atoms with E-state index in [2.05, 4.69) is 50.1 Å². The molecule has 0 unspecified atom stereocenters. The monoisotopic (exact) mass is 496 g/mol. The fourth-order valence-electron chi connectivity index (χ4n) is 3.88. The maximum atomic E-state index is 9.79. The van der Waals surface area contributed by atoms with Crippen LogP contribution in [0, 0.1) is 11.3 Å². The van der Waals surface area contributed by atoms with Gasteiger partial charge < -0.3 is 10.5 Å². The highest BCUT2D eigenvalue weighted by molar-refractivity contribution is 9.10. The summed E-state index contributed by atoms with van der Waals surface area (Å²) in [6.45, 7) is 0. The molecule has 1 atom stereocenters. The first kappa shape index (κ1) is 19.0. The number of allylic oxidation sites excluding steroid dienone is 3. The average Bonchev–Trinajstić information content (AvgIpc) is 2.70. The van der Waals surface area contributed by atoms with Crippen molar-refractivity contribution in [1.82, 2.24) is 0 Å². The Bertz CT molecular complexity index is 1080. The summed E-state index contributed by atoms with van der Waals surface area (Å²) in [5.41, 5.74) is 11.1. The molecule has 0 amide bonds. The van der Waals surface area contributed by atoms with Crippen LogP contribution < -0.4 is 5.73 Å². The Morgan fingerprint density at radius 3 is 2.46 bits per heavy atom. The van der Waals surface area contributed by atoms with Gasteiger partial charge in [-0.15, -0.1) is 0 Å². The Labute approximate surface area is 181 Å². The molecular formula is C23H18Br2N2O. The Hall–Kier alpha value is -2.29. The van der Waals surface area contributed by atoms with E-state index in [1.54, 1.807) is 0 Å². The topological polar surface area (TPSA) is 59.0 Å². The van der Waals surface area contributed by atoms with E-state index in [1.165, 1.54) is 0 Å². The number of hydrogen-bond acceptors (Lipinski definition) is 3. The molecule has 0 fully saturated rings. The quantitative estimate of drug-likeness (QED) is 0.512. The zero-order chi connectivity index (χ0) is 19.7. The fourth-order valence-corrected chi connectivity index (χ4v) is 4.79. The zero-order valence-electron chi connectivity index (χ0n) is 15.1. The molecule has 2 N–H and O–H groups in total. The first-order chi connectivity index (χ1) is 13.6. The molecule has 2 aromatic rings. The van der Waals surface area contributed by atoms with E-state index >= 15 is 0 Å². The Morgan fingerprint density at radius 1 is 1.04 bits per heavy atom. The van der Waals surface area contributed by atoms with Crippen LogP contribution in [0.2, 0.25) is 0 Å². The van der Waals surface area contributed by atoms with Gasteiger partial charge in [0.2, 0.25) is 5.88 Å². The molecule has 1 aliphatic heterocycles. The second kappa shape index (κ2) is 7.98. The van der Waals surface area contributed by atoms with E-state index in [-0.39, 0.29) is 11.8 Å². The number of nitriles is 1. The van der Waals surface area contributed by atoms with Crippen LogP contribution in [0.25, 0.3) is 6.08 Å². The molecule has 4 rings (SSSR count). The van der Waals surface area contributed by atoms with Crippen molar-refractivity contribution < 1.29 is 4.74 Å². The van der Waals surface area contributed by atoms with Gasteiger partial charge in [-0.25, -0.2) is 0 Å². The molecule has 0 saturated carbocycles. The first-order valence-electron chi connectivity index (χ1n) is 9.10. The van der Waals surface area contributed by atoms with Gasteiger partial charge in [0.1, 0.15) is 17.4 Å². The summed E-state index contributed by atoms with van der Waals surface area (Å²) in [4.78, 5) is 0. The third kappa shape index (κ3) is 3.43. The van der Waals surface area contributed by atoms with E-state index in [0.717, 1.165) is 56.2 Å². The summed E-state index contributed by atoms with van der Waals surface area (Å²) in [7, 11) is 0. The lowest BCUT2D eigenvalue weighted by atomic mass is 9.77. The Kier molecular flexibility index (Phi) is 5.43. The van der Waals surface area contributed by atoms with Gasteiger partial charge in [0.15, 0.2) is 0 Å². The molecular weight excluding hydrogens is 480 g/mol. The molecule has 2 aliphatic rings. The maximum absolute atomic E-state index is 9.79. The van der Waals surface area contributed by atoms with E-state index in [0.29, 0.717) is 5.57 Å². The normalized spacial score (nSPS) is 20.6. The van der Waals surface area contributed by atoms with Gasteiger partial charge in [-0.3, -0.25) is 0 Å². The van der Waals surface area contributed by atoms with Crippen LogP contribution >= 0.6 is 31.9 Å². The molecule has 140 valence electrons. The van der Waals surface area contributed by atoms with Crippen LogP contribution in [0.1, 0.15) is 36.3 Å². The molecule has 3 nitrogen and oxygen atoms in total. The lowest BCUT2D eigenvalue weighted by molar-refractivity contribution is 0.277. The molecule has 0 radical (unpaired) electrons. The Balaban J connectivity index is 1.88. The van der Waals surface area contributed by atoms with Crippen molar-refractivity contribution in [2.24, 2.45) is 5.73 Å². The molecule has 5 heteroatoms. The summed E-state index contributed by atoms with van der Waals surface area (Å²) in [6.07, 6.45) is 4.96. The number of nitrogens with zero attached hydrogens (tertiary/aromatic N) is 1. The summed E-state index contributed by atoms with van der Waals surface area (Å²) in [5, 5.41) is 9.79. The van der Waals surface area contributed by atoms with Crippen molar-refractivity contribution in [3.05, 3.63) is 97.0 Å². The van der Waals surface area contributed by atoms with Crippen LogP contribution in [0.3, 0.4) is 0 Å². The lowest BCUT2D eigenvalue weighted by Gasteiger charge is -2.33. The van der Waals surface area contributed by atoms with Gasteiger partial charge in [0.25, 0.3) is 0 Å². The highest BCUT2D eigenvalue weighted by Gasteiger charge is 2.36. The van der Waals surface area contributed by atoms with Gasteiger partial charge in [0.05, 0.1) is 5.92 Å². The van der Waals surface area contributed by atoms with Gasteiger partial charge >= 0.3 is 0 Å². The number of rotatable bonds is 2. The molecule has 0 spiro atoms. The lowest BCUT2D eigenvalue weighted by Crippen LogP contribution is -2.24. The number of nitrogens with two attached hydrogens (primary N) is 1. The molecule has 0 aromatic heterocycles. The summed E-state index contributed by atoms with van der Waals surface area (Å²) in [5.74, 6) is 0.827. The predicted molar refractivity (Wildman–Crippen MR) is 118 cm³/mol. The number of hydrogen-bond donors (Lipinski definition) is 1. The smallest absolute Gasteiger partial charge is 0.205 e. The first-order valence-corrected chi connectivity index (χ1v) is 10.7. The standard InChI is InChI=1S/C23H18Br2N2O/c24-19-10-3-1-6-14(19)12-15-7-5-9-17-21(16-8-2-4-11-20(16)25)18(13-26)23(27)28-22(15)17/h1-4,6,8,10-12,21H,5,7,9,27H2/b15-12+/t21-/m1/s1. The second-order valence-electron chi connectivity index (χ2n) is 6.85. The van der Waals surface area contributed by atoms with Crippen LogP contribution in [-0.4, -0.2) is 0 Å². The van der Waals surface area contributed by atoms with Gasteiger partial charge in [-0.2, -0.15) is 5.26 Å². The Morgan fingerprint density at radius 2 is 1.75 bits per heavy atom. The SMILES string of the molecule is N#CC1=C(N)OC2=C(CCC/C2=C\c2ccccc2Br)[C@H]1c1ccccc1Br. The minimum absolute atomic E-state index is 0.188. The third-order valence-electron chi connectivity index (χ3n) is 5.16. The minimum atomic E-state index is -0.188. The summed E-state index contributed by atoms with van der Waals surface area (Å²) >= 11 is 7.26. The second-order valence-corrected chi connectivity index (χ2v) is 8.55. The van der Waals surface area contributed by atoms with Crippen LogP contribution in [0.4, 0.5) is 0 Å². The van der Waals surface area contributed by atoms with Crippen molar-refractivity contribution in [1.29, 1.82) is 5.26 Å². The van der Waals surface area contributed by atoms with Gasteiger partial charge in [-0.1, -0.05) is 68.3 Å². The molecule has 2 aromatic carbocycles. The molecule has 28 heavy (non-hydrogen) atoms. The average molecular weight is 498 g/mol. The molecule has 1 aliphatic carbocycles. The van der Waals surface area contributed by atoms with E-state index < -0.39 is 0 Å². The summed E-state index contributed by atoms with van der Waals surface area (Å²) < 4.78 is 8.03.